The lowest BCUT2D eigenvalue weighted by Gasteiger charge is -2.49. The molecule has 1 saturated heterocycles. The van der Waals surface area contributed by atoms with Crippen LogP contribution in [0, 0.1) is 0 Å². The molecule has 8 atom stereocenters. The third-order valence-corrected chi connectivity index (χ3v) is 19.1. The van der Waals surface area contributed by atoms with E-state index < -0.39 is 65.6 Å². The van der Waals surface area contributed by atoms with Gasteiger partial charge in [-0.1, -0.05) is 107 Å². The number of benzene rings is 2. The number of rotatable bonds is 17. The first kappa shape index (κ1) is 42.2. The summed E-state index contributed by atoms with van der Waals surface area (Å²) < 4.78 is 42.1. The molecule has 0 spiro atoms. The maximum absolute atomic E-state index is 11.8. The van der Waals surface area contributed by atoms with Gasteiger partial charge in [0.25, 0.3) is 8.32 Å². The lowest BCUT2D eigenvalue weighted by atomic mass is 9.90. The maximum Gasteiger partial charge on any atom is 0.261 e. The highest BCUT2D eigenvalue weighted by atomic mass is 28.4. The molecule has 1 aliphatic rings. The van der Waals surface area contributed by atoms with E-state index in [1.54, 1.807) is 0 Å². The molecule has 1 heterocycles. The van der Waals surface area contributed by atoms with Crippen LogP contribution < -0.4 is 10.4 Å². The van der Waals surface area contributed by atoms with Crippen LogP contribution in [-0.2, 0) is 32.5 Å². The fourth-order valence-electron chi connectivity index (χ4n) is 6.04. The van der Waals surface area contributed by atoms with Gasteiger partial charge >= 0.3 is 0 Å². The van der Waals surface area contributed by atoms with E-state index in [4.69, 9.17) is 32.5 Å². The molecule has 0 saturated carbocycles. The number of hydrogen-bond acceptors (Lipinski definition) is 11. The minimum absolute atomic E-state index is 0.206. The van der Waals surface area contributed by atoms with Crippen LogP contribution in [0.3, 0.4) is 0 Å². The zero-order chi connectivity index (χ0) is 37.3. The molecular weight excluding hydrogens is 679 g/mol. The molecule has 0 aromatic heterocycles. The lowest BCUT2D eigenvalue weighted by molar-refractivity contribution is -0.300. The summed E-state index contributed by atoms with van der Waals surface area (Å²) in [7, 11) is -2.79. The van der Waals surface area contributed by atoms with E-state index in [2.05, 4.69) is 30.8 Å². The molecule has 0 radical (unpaired) electrons. The minimum Gasteiger partial charge on any atom is -0.405 e. The first-order chi connectivity index (χ1) is 23.5. The van der Waals surface area contributed by atoms with Crippen LogP contribution >= 0.6 is 0 Å². The van der Waals surface area contributed by atoms with Crippen LogP contribution in [0.25, 0.3) is 10.4 Å². The maximum atomic E-state index is 11.8. The first-order valence-corrected chi connectivity index (χ1v) is 21.7. The van der Waals surface area contributed by atoms with E-state index in [-0.39, 0.29) is 30.3 Å². The van der Waals surface area contributed by atoms with Gasteiger partial charge in [-0.25, -0.2) is 0 Å². The molecule has 15 heteroatoms. The summed E-state index contributed by atoms with van der Waals surface area (Å²) in [5.74, 6) is 0. The molecule has 0 bridgehead atoms. The van der Waals surface area contributed by atoms with Gasteiger partial charge in [0.15, 0.2) is 14.6 Å². The topological polar surface area (TPSA) is 174 Å². The van der Waals surface area contributed by atoms with Crippen LogP contribution in [0.2, 0.25) is 23.2 Å². The number of aliphatic hydroxyl groups excluding tert-OH is 3. The lowest BCUT2D eigenvalue weighted by Crippen LogP contribution is -2.68. The molecule has 1 aliphatic heterocycles. The summed E-state index contributed by atoms with van der Waals surface area (Å²) in [5.41, 5.74) is 9.56. The van der Waals surface area contributed by atoms with Crippen molar-refractivity contribution >= 4 is 27.0 Å². The van der Waals surface area contributed by atoms with E-state index >= 15 is 0 Å². The number of nitrogens with zero attached hydrogens (tertiary/aromatic N) is 3. The predicted octanol–water partition coefficient (Wildman–Crippen LogP) is 4.05. The number of ether oxygens (including phenoxy) is 5. The molecule has 0 aliphatic carbocycles. The van der Waals surface area contributed by atoms with E-state index in [1.807, 2.05) is 94.5 Å². The molecule has 2 aromatic rings. The van der Waals surface area contributed by atoms with Crippen molar-refractivity contribution in [3.05, 3.63) is 71.1 Å². The van der Waals surface area contributed by atoms with E-state index in [0.717, 1.165) is 10.4 Å². The molecule has 1 fully saturated rings. The van der Waals surface area contributed by atoms with Crippen molar-refractivity contribution in [2.45, 2.75) is 114 Å². The zero-order valence-electron chi connectivity index (χ0n) is 31.1. The fraction of sp³-hybridized carbons (Fsp3) is 0.657. The zero-order valence-corrected chi connectivity index (χ0v) is 33.1. The second-order valence-corrected chi connectivity index (χ2v) is 24.2. The Morgan fingerprint density at radius 3 is 1.76 bits per heavy atom. The monoisotopic (exact) mass is 735 g/mol. The van der Waals surface area contributed by atoms with Gasteiger partial charge in [0.05, 0.1) is 6.61 Å². The molecule has 3 N–H and O–H groups in total. The number of methoxy groups -OCH3 is 2. The standard InChI is InChI=1S/C35H57N3O10Si2/c1-34(2,3)49(9,10)48-33-27(37-38-36)30(44-22-42-7)32(45-23-43-8)31(47-33)29(41)28(40)26(39)21-46-50(35(4,5)6,24-17-13-11-14-18-24)25-19-15-12-16-20-25/h11-20,26-33,39-41H,21-23H2,1-10H3/t26-,27+,28+,29+,30-,31-,32+,33-/m0/s1. The summed E-state index contributed by atoms with van der Waals surface area (Å²) in [6, 6.07) is 18.8. The van der Waals surface area contributed by atoms with Gasteiger partial charge in [-0.05, 0) is 39.1 Å². The van der Waals surface area contributed by atoms with E-state index in [1.165, 1.54) is 14.2 Å². The third kappa shape index (κ3) is 9.60. The Labute approximate surface area is 298 Å². The van der Waals surface area contributed by atoms with Crippen LogP contribution in [0.5, 0.6) is 0 Å². The van der Waals surface area contributed by atoms with Crippen LogP contribution in [0.4, 0.5) is 0 Å². The Kier molecular flexibility index (Phi) is 15.2. The number of aliphatic hydroxyl groups is 3. The molecular formula is C35H57N3O10Si2. The summed E-state index contributed by atoms with van der Waals surface area (Å²) in [6.07, 6.45) is -9.76. The molecule has 13 nitrogen and oxygen atoms in total. The largest absolute Gasteiger partial charge is 0.405 e. The second-order valence-electron chi connectivity index (χ2n) is 15.1. The fourth-order valence-corrected chi connectivity index (χ4v) is 11.7. The van der Waals surface area contributed by atoms with Gasteiger partial charge in [0.1, 0.15) is 56.3 Å². The Balaban J connectivity index is 2.01. The highest BCUT2D eigenvalue weighted by Gasteiger charge is 2.55. The summed E-state index contributed by atoms with van der Waals surface area (Å²) in [4.78, 5) is 3.03. The number of hydrogen-bond donors (Lipinski definition) is 3. The molecule has 3 rings (SSSR count). The SMILES string of the molecule is COCO[C@H]1[C@H]([C@H](O)[C@H](O)[C@@H](O)CO[Si](c2ccccc2)(c2ccccc2)C(C)(C)C)O[C@@H](O[Si](C)(C)C(C)(C)C)[C@H](N=[N+]=[N-])[C@@H]1OCOC. The van der Waals surface area contributed by atoms with Crippen LogP contribution in [0.15, 0.2) is 65.8 Å². The summed E-state index contributed by atoms with van der Waals surface area (Å²) in [5, 5.41) is 40.3. The highest BCUT2D eigenvalue weighted by molar-refractivity contribution is 6.99. The van der Waals surface area contributed by atoms with Crippen molar-refractivity contribution in [3.63, 3.8) is 0 Å². The Morgan fingerprint density at radius 1 is 0.820 bits per heavy atom. The number of azide groups is 1. The minimum atomic E-state index is -3.08. The average Bonchev–Trinajstić information content (AvgIpc) is 3.06. The molecule has 0 unspecified atom stereocenters. The van der Waals surface area contributed by atoms with Crippen molar-refractivity contribution in [1.29, 1.82) is 0 Å². The van der Waals surface area contributed by atoms with Crippen molar-refractivity contribution in [3.8, 4) is 0 Å². The predicted molar refractivity (Wildman–Crippen MR) is 195 cm³/mol. The Morgan fingerprint density at radius 2 is 1.32 bits per heavy atom. The van der Waals surface area contributed by atoms with Crippen LogP contribution in [-0.4, -0.2) is 115 Å². The molecule has 50 heavy (non-hydrogen) atoms. The first-order valence-electron chi connectivity index (χ1n) is 16.8. The van der Waals surface area contributed by atoms with E-state index in [0.29, 0.717) is 0 Å². The van der Waals surface area contributed by atoms with Gasteiger partial charge in [0, 0.05) is 19.1 Å². The van der Waals surface area contributed by atoms with Gasteiger partial charge in [0.2, 0.25) is 0 Å². The van der Waals surface area contributed by atoms with Crippen molar-refractivity contribution < 1.29 is 47.9 Å². The highest BCUT2D eigenvalue weighted by Crippen LogP contribution is 2.41. The summed E-state index contributed by atoms with van der Waals surface area (Å²) >= 11 is 0. The van der Waals surface area contributed by atoms with E-state index in [9.17, 15) is 20.9 Å². The van der Waals surface area contributed by atoms with Crippen LogP contribution in [0.1, 0.15) is 41.5 Å². The molecule has 0 amide bonds. The molecule has 280 valence electrons. The normalized spacial score (nSPS) is 23.9. The van der Waals surface area contributed by atoms with Gasteiger partial charge in [-0.3, -0.25) is 0 Å². The second kappa shape index (κ2) is 18.0. The van der Waals surface area contributed by atoms with Crippen molar-refractivity contribution in [2.24, 2.45) is 5.11 Å². The molecule has 2 aromatic carbocycles. The Hall–Kier alpha value is -2.22. The van der Waals surface area contributed by atoms with Gasteiger partial charge < -0.3 is 47.9 Å². The quantitative estimate of drug-likeness (QED) is 0.0707. The smallest absolute Gasteiger partial charge is 0.261 e. The summed E-state index contributed by atoms with van der Waals surface area (Å²) in [6.45, 7) is 15.7. The van der Waals surface area contributed by atoms with Crippen molar-refractivity contribution in [1.82, 2.24) is 0 Å². The van der Waals surface area contributed by atoms with Gasteiger partial charge in [-0.2, -0.15) is 0 Å². The van der Waals surface area contributed by atoms with Crippen molar-refractivity contribution in [2.75, 3.05) is 34.4 Å². The average molecular weight is 736 g/mol. The Bertz CT molecular complexity index is 1320. The van der Waals surface area contributed by atoms with Gasteiger partial charge in [-0.15, -0.1) is 0 Å². The third-order valence-electron chi connectivity index (χ3n) is 9.68.